The summed E-state index contributed by atoms with van der Waals surface area (Å²) < 4.78 is 11.7. The first-order valence-electron chi connectivity index (χ1n) is 6.97. The van der Waals surface area contributed by atoms with Gasteiger partial charge in [-0.25, -0.2) is 0 Å². The van der Waals surface area contributed by atoms with Gasteiger partial charge in [-0.05, 0) is 44.9 Å². The molecule has 1 fully saturated rings. The minimum absolute atomic E-state index is 0.323. The molecule has 1 heterocycles. The van der Waals surface area contributed by atoms with Crippen LogP contribution in [0.2, 0.25) is 0 Å². The molecular weight excluding hydrogens is 226 g/mol. The zero-order chi connectivity index (χ0) is 12.4. The number of fused-ring (bicyclic) bond motifs is 1. The molecule has 3 nitrogen and oxygen atoms in total. The maximum absolute atomic E-state index is 6.05. The Morgan fingerprint density at radius 1 is 1.22 bits per heavy atom. The summed E-state index contributed by atoms with van der Waals surface area (Å²) in [5.74, 6) is 1.93. The molecule has 1 aliphatic heterocycles. The van der Waals surface area contributed by atoms with E-state index < -0.39 is 0 Å². The van der Waals surface area contributed by atoms with E-state index in [0.29, 0.717) is 12.1 Å². The van der Waals surface area contributed by atoms with Crippen molar-refractivity contribution < 1.29 is 9.47 Å². The van der Waals surface area contributed by atoms with E-state index in [0.717, 1.165) is 18.1 Å². The third kappa shape index (κ3) is 2.32. The number of benzene rings is 1. The van der Waals surface area contributed by atoms with Crippen LogP contribution in [0.3, 0.4) is 0 Å². The van der Waals surface area contributed by atoms with E-state index >= 15 is 0 Å². The van der Waals surface area contributed by atoms with Crippen LogP contribution in [0.25, 0.3) is 0 Å². The fourth-order valence-corrected chi connectivity index (χ4v) is 2.88. The molecule has 1 aromatic carbocycles. The topological polar surface area (TPSA) is 30.5 Å². The van der Waals surface area contributed by atoms with Gasteiger partial charge in [0.2, 0.25) is 0 Å². The highest BCUT2D eigenvalue weighted by Crippen LogP contribution is 2.36. The fraction of sp³-hybridized carbons (Fsp3) is 0.600. The van der Waals surface area contributed by atoms with E-state index in [-0.39, 0.29) is 0 Å². The lowest BCUT2D eigenvalue weighted by Crippen LogP contribution is -2.19. The maximum atomic E-state index is 6.05. The van der Waals surface area contributed by atoms with Gasteiger partial charge in [-0.3, -0.25) is 0 Å². The SMILES string of the molecule is CNC1COc2cc(OC3CCCCC3)ccc21. The van der Waals surface area contributed by atoms with E-state index in [1.165, 1.54) is 37.7 Å². The second kappa shape index (κ2) is 5.19. The number of likely N-dealkylation sites (N-methyl/N-ethyl adjacent to an activating group) is 1. The molecule has 0 saturated heterocycles. The molecule has 18 heavy (non-hydrogen) atoms. The summed E-state index contributed by atoms with van der Waals surface area (Å²) in [6.45, 7) is 0.721. The summed E-state index contributed by atoms with van der Waals surface area (Å²) in [6, 6.07) is 6.57. The highest BCUT2D eigenvalue weighted by atomic mass is 16.5. The summed E-state index contributed by atoms with van der Waals surface area (Å²) in [7, 11) is 1.97. The average molecular weight is 247 g/mol. The first kappa shape index (κ1) is 11.8. The molecule has 0 spiro atoms. The Bertz CT molecular complexity index is 413. The van der Waals surface area contributed by atoms with Crippen molar-refractivity contribution in [2.75, 3.05) is 13.7 Å². The summed E-state index contributed by atoms with van der Waals surface area (Å²) in [5.41, 5.74) is 1.24. The highest BCUT2D eigenvalue weighted by Gasteiger charge is 2.23. The lowest BCUT2D eigenvalue weighted by Gasteiger charge is -2.23. The Labute approximate surface area is 108 Å². The van der Waals surface area contributed by atoms with Gasteiger partial charge in [-0.2, -0.15) is 0 Å². The molecule has 1 aliphatic carbocycles. The largest absolute Gasteiger partial charge is 0.491 e. The monoisotopic (exact) mass is 247 g/mol. The van der Waals surface area contributed by atoms with Gasteiger partial charge >= 0.3 is 0 Å². The van der Waals surface area contributed by atoms with Crippen molar-refractivity contribution in [1.82, 2.24) is 5.32 Å². The van der Waals surface area contributed by atoms with E-state index in [9.17, 15) is 0 Å². The summed E-state index contributed by atoms with van der Waals surface area (Å²) in [4.78, 5) is 0. The third-order valence-corrected chi connectivity index (χ3v) is 3.97. The minimum atomic E-state index is 0.323. The summed E-state index contributed by atoms with van der Waals surface area (Å²) in [5, 5.41) is 3.26. The van der Waals surface area contributed by atoms with Gasteiger partial charge in [0.15, 0.2) is 0 Å². The average Bonchev–Trinajstić information content (AvgIpc) is 2.82. The molecule has 1 atom stereocenters. The van der Waals surface area contributed by atoms with E-state index in [1.807, 2.05) is 13.1 Å². The Balaban J connectivity index is 1.70. The van der Waals surface area contributed by atoms with Gasteiger partial charge in [-0.1, -0.05) is 6.42 Å². The van der Waals surface area contributed by atoms with Crippen molar-refractivity contribution >= 4 is 0 Å². The van der Waals surface area contributed by atoms with Crippen molar-refractivity contribution in [3.63, 3.8) is 0 Å². The number of nitrogens with one attached hydrogen (secondary N) is 1. The molecule has 98 valence electrons. The Morgan fingerprint density at radius 3 is 2.83 bits per heavy atom. The Morgan fingerprint density at radius 2 is 2.06 bits per heavy atom. The van der Waals surface area contributed by atoms with Crippen molar-refractivity contribution in [2.24, 2.45) is 0 Å². The van der Waals surface area contributed by atoms with E-state index in [2.05, 4.69) is 17.4 Å². The first-order chi connectivity index (χ1) is 8.86. The molecule has 2 aliphatic rings. The molecule has 3 rings (SSSR count). The van der Waals surface area contributed by atoms with Crippen LogP contribution in [-0.4, -0.2) is 19.8 Å². The van der Waals surface area contributed by atoms with Crippen LogP contribution in [0.1, 0.15) is 43.7 Å². The number of rotatable bonds is 3. The van der Waals surface area contributed by atoms with Gasteiger partial charge < -0.3 is 14.8 Å². The number of hydrogen-bond acceptors (Lipinski definition) is 3. The second-order valence-electron chi connectivity index (χ2n) is 5.23. The molecule has 1 N–H and O–H groups in total. The molecule has 1 saturated carbocycles. The van der Waals surface area contributed by atoms with Crippen molar-refractivity contribution in [2.45, 2.75) is 44.2 Å². The van der Waals surface area contributed by atoms with Gasteiger partial charge in [0.1, 0.15) is 18.1 Å². The second-order valence-corrected chi connectivity index (χ2v) is 5.23. The Kier molecular flexibility index (Phi) is 3.41. The van der Waals surface area contributed by atoms with Crippen LogP contribution in [-0.2, 0) is 0 Å². The zero-order valence-electron chi connectivity index (χ0n) is 10.9. The van der Waals surface area contributed by atoms with Crippen LogP contribution in [0, 0.1) is 0 Å². The van der Waals surface area contributed by atoms with Crippen molar-refractivity contribution in [3.8, 4) is 11.5 Å². The first-order valence-corrected chi connectivity index (χ1v) is 6.97. The fourth-order valence-electron chi connectivity index (χ4n) is 2.88. The minimum Gasteiger partial charge on any atom is -0.491 e. The predicted octanol–water partition coefficient (Wildman–Crippen LogP) is 3.05. The normalized spacial score (nSPS) is 23.5. The van der Waals surface area contributed by atoms with Gasteiger partial charge in [0.25, 0.3) is 0 Å². The van der Waals surface area contributed by atoms with Crippen molar-refractivity contribution in [1.29, 1.82) is 0 Å². The number of ether oxygens (including phenoxy) is 2. The molecule has 3 heteroatoms. The molecule has 0 bridgehead atoms. The molecule has 0 aromatic heterocycles. The van der Waals surface area contributed by atoms with Crippen molar-refractivity contribution in [3.05, 3.63) is 23.8 Å². The lowest BCUT2D eigenvalue weighted by molar-refractivity contribution is 0.154. The van der Waals surface area contributed by atoms with Crippen LogP contribution in [0.4, 0.5) is 0 Å². The smallest absolute Gasteiger partial charge is 0.127 e. The molecule has 1 aromatic rings. The lowest BCUT2D eigenvalue weighted by atomic mass is 9.98. The third-order valence-electron chi connectivity index (χ3n) is 3.97. The Hall–Kier alpha value is -1.22. The van der Waals surface area contributed by atoms with E-state index in [1.54, 1.807) is 0 Å². The predicted molar refractivity (Wildman–Crippen MR) is 71.2 cm³/mol. The molecule has 0 radical (unpaired) electrons. The number of hydrogen-bond donors (Lipinski definition) is 1. The molecular formula is C15H21NO2. The highest BCUT2D eigenvalue weighted by molar-refractivity contribution is 5.45. The van der Waals surface area contributed by atoms with Crippen LogP contribution in [0.5, 0.6) is 11.5 Å². The van der Waals surface area contributed by atoms with Gasteiger partial charge in [0.05, 0.1) is 12.1 Å². The van der Waals surface area contributed by atoms with E-state index in [4.69, 9.17) is 9.47 Å². The van der Waals surface area contributed by atoms with Crippen LogP contribution in [0.15, 0.2) is 18.2 Å². The van der Waals surface area contributed by atoms with Crippen LogP contribution < -0.4 is 14.8 Å². The van der Waals surface area contributed by atoms with Crippen LogP contribution >= 0.6 is 0 Å². The quantitative estimate of drug-likeness (QED) is 0.890. The standard InChI is InChI=1S/C15H21NO2/c1-16-14-10-17-15-9-12(7-8-13(14)15)18-11-5-3-2-4-6-11/h7-9,11,14,16H,2-6,10H2,1H3. The molecule has 1 unspecified atom stereocenters. The van der Waals surface area contributed by atoms with Gasteiger partial charge in [-0.15, -0.1) is 0 Å². The summed E-state index contributed by atoms with van der Waals surface area (Å²) in [6.07, 6.45) is 6.74. The maximum Gasteiger partial charge on any atom is 0.127 e. The zero-order valence-corrected chi connectivity index (χ0v) is 10.9. The summed E-state index contributed by atoms with van der Waals surface area (Å²) >= 11 is 0. The molecule has 0 amide bonds. The van der Waals surface area contributed by atoms with Gasteiger partial charge in [0, 0.05) is 11.6 Å².